The summed E-state index contributed by atoms with van der Waals surface area (Å²) in [5, 5.41) is 15.5. The molecule has 1 aromatic carbocycles. The molecule has 35 heavy (non-hydrogen) atoms. The van der Waals surface area contributed by atoms with Crippen LogP contribution in [0.3, 0.4) is 0 Å². The molecule has 1 unspecified atom stereocenters. The van der Waals surface area contributed by atoms with Crippen LogP contribution in [-0.2, 0) is 6.61 Å². The smallest absolute Gasteiger partial charge is 0.319 e. The maximum absolute atomic E-state index is 14.0. The number of hydrogen-bond acceptors (Lipinski definition) is 7. The molecule has 3 amide bonds. The topological polar surface area (TPSA) is 130 Å². The van der Waals surface area contributed by atoms with Gasteiger partial charge in [0.15, 0.2) is 0 Å². The van der Waals surface area contributed by atoms with E-state index < -0.39 is 41.5 Å². The van der Waals surface area contributed by atoms with E-state index in [2.05, 4.69) is 19.9 Å². The quantitative estimate of drug-likeness (QED) is 0.345. The van der Waals surface area contributed by atoms with Gasteiger partial charge in [0.05, 0.1) is 5.56 Å². The van der Waals surface area contributed by atoms with Gasteiger partial charge in [-0.3, -0.25) is 15.0 Å². The fourth-order valence-corrected chi connectivity index (χ4v) is 4.75. The van der Waals surface area contributed by atoms with E-state index in [1.54, 1.807) is 0 Å². The number of ether oxygens (including phenoxy) is 1. The van der Waals surface area contributed by atoms with E-state index in [1.165, 1.54) is 0 Å². The number of likely N-dealkylation sites (tertiary alicyclic amines) is 1. The van der Waals surface area contributed by atoms with Gasteiger partial charge < -0.3 is 20.9 Å². The largest absolute Gasteiger partial charge is 0.471 e. The van der Waals surface area contributed by atoms with Crippen molar-refractivity contribution in [3.63, 3.8) is 0 Å². The minimum atomic E-state index is -0.922. The predicted octanol–water partition coefficient (Wildman–Crippen LogP) is 3.85. The third-order valence-corrected chi connectivity index (χ3v) is 6.71. The average Bonchev–Trinajstić information content (AvgIpc) is 3.16. The molecule has 0 spiro atoms. The van der Waals surface area contributed by atoms with Crippen LogP contribution < -0.4 is 21.1 Å². The van der Waals surface area contributed by atoms with Crippen LogP contribution in [-0.4, -0.2) is 51.7 Å². The Labute approximate surface area is 210 Å². The number of benzene rings is 1. The minimum absolute atomic E-state index is 0.0476. The van der Waals surface area contributed by atoms with Crippen molar-refractivity contribution < 1.29 is 28.2 Å². The molecule has 2 aromatic rings. The van der Waals surface area contributed by atoms with E-state index in [1.807, 2.05) is 6.92 Å². The Balaban J connectivity index is 1.50. The van der Waals surface area contributed by atoms with Crippen molar-refractivity contribution in [3.05, 3.63) is 39.9 Å². The van der Waals surface area contributed by atoms with Gasteiger partial charge in [0.25, 0.3) is 5.91 Å². The number of unbranched alkanes of at least 4 members (excludes halogenated alkanes) is 1. The fraction of sp³-hybridized carbons (Fsp3) is 0.500. The summed E-state index contributed by atoms with van der Waals surface area (Å²) in [5.41, 5.74) is 4.02. The number of nitrogens with zero attached hydrogens (tertiary/aromatic N) is 2. The molecule has 3 rings (SSSR count). The van der Waals surface area contributed by atoms with Crippen LogP contribution >= 0.6 is 23.1 Å². The zero-order chi connectivity index (χ0) is 25.6. The number of aliphatic hydroxyl groups is 1. The van der Waals surface area contributed by atoms with Crippen LogP contribution in [0.1, 0.15) is 54.9 Å². The number of nitrogens with one attached hydrogen (secondary N) is 2. The molecule has 1 fully saturated rings. The number of hydrogen-bond donors (Lipinski definition) is 4. The highest BCUT2D eigenvalue weighted by molar-refractivity contribution is 7.11. The van der Waals surface area contributed by atoms with Crippen molar-refractivity contribution >= 4 is 40.1 Å². The summed E-state index contributed by atoms with van der Waals surface area (Å²) in [7, 11) is 0. The van der Waals surface area contributed by atoms with E-state index in [4.69, 9.17) is 22.1 Å². The highest BCUT2D eigenvalue weighted by Crippen LogP contribution is 2.31. The van der Waals surface area contributed by atoms with Gasteiger partial charge in [0.1, 0.15) is 34.5 Å². The van der Waals surface area contributed by atoms with Gasteiger partial charge in [-0.15, -0.1) is 0 Å². The number of amides is 3. The average molecular weight is 532 g/mol. The second-order valence-electron chi connectivity index (χ2n) is 8.44. The maximum Gasteiger partial charge on any atom is 0.319 e. The summed E-state index contributed by atoms with van der Waals surface area (Å²) in [6.07, 6.45) is 4.30. The van der Waals surface area contributed by atoms with Crippen LogP contribution in [0.15, 0.2) is 12.1 Å². The minimum Gasteiger partial charge on any atom is -0.471 e. The van der Waals surface area contributed by atoms with E-state index >= 15 is 0 Å². The lowest BCUT2D eigenvalue weighted by Gasteiger charge is -2.40. The lowest BCUT2D eigenvalue weighted by atomic mass is 9.99. The van der Waals surface area contributed by atoms with Crippen molar-refractivity contribution in [1.29, 1.82) is 0 Å². The molecule has 0 bridgehead atoms. The second kappa shape index (κ2) is 11.9. The van der Waals surface area contributed by atoms with Crippen LogP contribution in [0.25, 0.3) is 0 Å². The Morgan fingerprint density at radius 1 is 1.31 bits per heavy atom. The van der Waals surface area contributed by atoms with Crippen molar-refractivity contribution in [2.75, 3.05) is 25.0 Å². The summed E-state index contributed by atoms with van der Waals surface area (Å²) in [4.78, 5) is 26.2. The Morgan fingerprint density at radius 3 is 2.69 bits per heavy atom. The molecule has 1 aromatic heterocycles. The third kappa shape index (κ3) is 7.23. The summed E-state index contributed by atoms with van der Waals surface area (Å²) in [6.45, 7) is 3.22. The van der Waals surface area contributed by atoms with Gasteiger partial charge in [-0.05, 0) is 62.7 Å². The monoisotopic (exact) mass is 531 g/mol. The lowest BCUT2D eigenvalue weighted by molar-refractivity contribution is -0.117. The Morgan fingerprint density at radius 2 is 2.03 bits per heavy atom. The molecule has 0 radical (unpaired) electrons. The third-order valence-electron chi connectivity index (χ3n) is 5.74. The molecule has 0 saturated carbocycles. The summed E-state index contributed by atoms with van der Waals surface area (Å²) in [6, 6.07) is 1.31. The summed E-state index contributed by atoms with van der Waals surface area (Å²) >= 11 is 6.36. The van der Waals surface area contributed by atoms with Gasteiger partial charge in [0.2, 0.25) is 5.88 Å². The first-order valence-electron chi connectivity index (χ1n) is 11.2. The highest BCUT2D eigenvalue weighted by Gasteiger charge is 2.31. The van der Waals surface area contributed by atoms with Crippen LogP contribution in [0.5, 0.6) is 5.88 Å². The van der Waals surface area contributed by atoms with Crippen LogP contribution in [0.4, 0.5) is 18.6 Å². The Bertz CT molecular complexity index is 1050. The molecule has 5 N–H and O–H groups in total. The molecule has 9 nitrogen and oxygen atoms in total. The molecule has 1 saturated heterocycles. The van der Waals surface area contributed by atoms with Gasteiger partial charge in [-0.25, -0.2) is 13.6 Å². The molecule has 0 aliphatic carbocycles. The van der Waals surface area contributed by atoms with Crippen LogP contribution in [0, 0.1) is 11.6 Å². The van der Waals surface area contributed by atoms with Gasteiger partial charge in [0, 0.05) is 24.7 Å². The number of nitrogens with two attached hydrogens (primary N) is 1. The normalized spacial score (nSPS) is 18.3. The van der Waals surface area contributed by atoms with Gasteiger partial charge in [-0.2, -0.15) is 4.37 Å². The van der Waals surface area contributed by atoms with Gasteiger partial charge >= 0.3 is 6.03 Å². The number of halogens is 3. The number of rotatable bonds is 10. The van der Waals surface area contributed by atoms with E-state index in [-0.39, 0.29) is 21.5 Å². The number of piperidine rings is 1. The first-order valence-corrected chi connectivity index (χ1v) is 12.3. The molecule has 1 aliphatic heterocycles. The molecule has 192 valence electrons. The number of aromatic nitrogens is 1. The number of urea groups is 1. The number of primary amides is 1. The Hall–Kier alpha value is -2.54. The van der Waals surface area contributed by atoms with E-state index in [9.17, 15) is 23.5 Å². The molecular weight excluding hydrogens is 504 g/mol. The summed E-state index contributed by atoms with van der Waals surface area (Å²) < 4.78 is 37.2. The van der Waals surface area contributed by atoms with E-state index in [0.717, 1.165) is 62.4 Å². The predicted molar refractivity (Wildman–Crippen MR) is 129 cm³/mol. The number of anilines is 1. The second-order valence-corrected chi connectivity index (χ2v) is 9.65. The summed E-state index contributed by atoms with van der Waals surface area (Å²) in [5.74, 6) is -2.99. The van der Waals surface area contributed by atoms with Crippen molar-refractivity contribution in [2.24, 2.45) is 5.73 Å². The molecular formula is C22H28ClF2N5O4S. The van der Waals surface area contributed by atoms with E-state index in [0.29, 0.717) is 13.0 Å². The van der Waals surface area contributed by atoms with Gasteiger partial charge in [-0.1, -0.05) is 11.6 Å². The SMILES string of the molecule is CC1(O)CCCCN1CCCCNC(=O)Nc1snc(OCc2c(F)cc(Cl)cc2F)c1C(N)=O. The zero-order valence-electron chi connectivity index (χ0n) is 19.2. The van der Waals surface area contributed by atoms with Crippen LogP contribution in [0.2, 0.25) is 5.02 Å². The first kappa shape index (κ1) is 27.1. The maximum atomic E-state index is 14.0. The van der Waals surface area contributed by atoms with Crippen molar-refractivity contribution in [1.82, 2.24) is 14.6 Å². The Kier molecular flexibility index (Phi) is 9.22. The zero-order valence-corrected chi connectivity index (χ0v) is 20.8. The molecule has 1 aliphatic rings. The fourth-order valence-electron chi connectivity index (χ4n) is 3.82. The van der Waals surface area contributed by atoms with Crippen molar-refractivity contribution in [3.8, 4) is 5.88 Å². The van der Waals surface area contributed by atoms with Crippen molar-refractivity contribution in [2.45, 2.75) is 51.4 Å². The first-order chi connectivity index (χ1) is 16.6. The molecule has 1 atom stereocenters. The number of carbonyl (C=O) groups excluding carboxylic acids is 2. The lowest BCUT2D eigenvalue weighted by Crippen LogP contribution is -2.49. The molecule has 13 heteroatoms. The standard InChI is InChI=1S/C22H28ClF2N5O4S/c1-22(33)6-2-4-8-30(22)9-5-3-7-27-21(32)28-20-17(18(26)31)19(29-35-20)34-12-14-15(24)10-13(23)11-16(14)25/h10-11,33H,2-9,12H2,1H3,(H2,26,31)(H2,27,28,32). The highest BCUT2D eigenvalue weighted by atomic mass is 35.5. The molecule has 2 heterocycles. The number of carbonyl (C=O) groups is 2.